The Morgan fingerprint density at radius 2 is 1.97 bits per heavy atom. The quantitative estimate of drug-likeness (QED) is 0.126. The molecule has 1 fully saturated rings. The minimum atomic E-state index is -4.33. The van der Waals surface area contributed by atoms with E-state index in [0.717, 1.165) is 19.3 Å². The van der Waals surface area contributed by atoms with Crippen molar-refractivity contribution in [3.8, 4) is 0 Å². The normalized spacial score (nSPS) is 26.2. The fraction of sp³-hybridized carbons (Fsp3) is 0.789. The van der Waals surface area contributed by atoms with Crippen LogP contribution in [-0.2, 0) is 23.1 Å². The third-order valence-electron chi connectivity index (χ3n) is 4.30. The summed E-state index contributed by atoms with van der Waals surface area (Å²) in [6.45, 7) is 7.99. The molecule has 30 heavy (non-hydrogen) atoms. The van der Waals surface area contributed by atoms with E-state index < -0.39 is 32.4 Å². The van der Waals surface area contributed by atoms with Crippen molar-refractivity contribution in [2.75, 3.05) is 13.7 Å². The second kappa shape index (κ2) is 15.5. The number of nitrogens with zero attached hydrogens (tertiary/aromatic N) is 2. The Morgan fingerprint density at radius 3 is 2.53 bits per heavy atom. The minimum absolute atomic E-state index is 0.00879. The largest absolute Gasteiger partial charge is 0.472 e. The lowest BCUT2D eigenvalue weighted by Crippen LogP contribution is -2.40. The standard InChI is InChI=1S/C17H32N3O7P.C2H6/c1-4-6-7-8-11-25-28(23,24)27-16-13(5-2)26-17(15(16)22)20(3)10-9-14(18)19-12-21;1-2/h9-10,12-13,15-17,22H,4-8,11H2,1-3H3,(H,23,24)(H2,18,19,21);1-2H3/b10-9-;. The number of hydrogen-bond acceptors (Lipinski definition) is 7. The van der Waals surface area contributed by atoms with E-state index in [9.17, 15) is 19.4 Å². The molecule has 5 atom stereocenters. The first kappa shape index (κ1) is 28.7. The third-order valence-corrected chi connectivity index (χ3v) is 5.32. The Bertz CT molecular complexity index is 588. The van der Waals surface area contributed by atoms with Gasteiger partial charge in [-0.15, -0.1) is 0 Å². The van der Waals surface area contributed by atoms with Crippen molar-refractivity contribution < 1.29 is 33.1 Å². The number of hydrogen-bond donors (Lipinski definition) is 3. The molecule has 0 spiro atoms. The number of unbranched alkanes of at least 4 members (excludes halogenated alkanes) is 3. The van der Waals surface area contributed by atoms with Crippen LogP contribution in [0, 0.1) is 0 Å². The molecule has 1 rings (SSSR count). The zero-order valence-electron chi connectivity index (χ0n) is 18.6. The predicted molar refractivity (Wildman–Crippen MR) is 116 cm³/mol. The van der Waals surface area contributed by atoms with Gasteiger partial charge in [-0.05, 0) is 18.9 Å². The van der Waals surface area contributed by atoms with Gasteiger partial charge >= 0.3 is 7.82 Å². The summed E-state index contributed by atoms with van der Waals surface area (Å²) in [5.74, 6) is -0.00879. The lowest BCUT2D eigenvalue weighted by atomic mass is 10.1. The number of aliphatic imine (C=N–C) groups is 1. The maximum absolute atomic E-state index is 12.2. The van der Waals surface area contributed by atoms with E-state index in [-0.39, 0.29) is 12.4 Å². The summed E-state index contributed by atoms with van der Waals surface area (Å²) in [5, 5.41) is 10.6. The Kier molecular flexibility index (Phi) is 14.8. The molecule has 1 aliphatic rings. The Balaban J connectivity index is 0.00000407. The molecule has 0 bridgehead atoms. The zero-order valence-corrected chi connectivity index (χ0v) is 19.5. The highest BCUT2D eigenvalue weighted by molar-refractivity contribution is 7.47. The van der Waals surface area contributed by atoms with Gasteiger partial charge in [0.15, 0.2) is 6.23 Å². The first-order valence-corrected chi connectivity index (χ1v) is 11.9. The number of amides is 1. The lowest BCUT2D eigenvalue weighted by molar-refractivity contribution is -0.106. The van der Waals surface area contributed by atoms with Gasteiger partial charge in [-0.3, -0.25) is 13.8 Å². The third kappa shape index (κ3) is 10.1. The SMILES string of the molecule is CC.CCCCCCOP(=O)(O)OC1C(CC)OC(N(C)/C=C\C(N)=NC=O)C1O. The zero-order chi connectivity index (χ0) is 23.2. The number of phosphoric ester groups is 1. The molecule has 1 heterocycles. The van der Waals surface area contributed by atoms with Gasteiger partial charge in [-0.25, -0.2) is 4.57 Å². The van der Waals surface area contributed by atoms with Gasteiger partial charge in [0.05, 0.1) is 12.7 Å². The van der Waals surface area contributed by atoms with Crippen LogP contribution in [-0.4, -0.2) is 65.3 Å². The van der Waals surface area contributed by atoms with Crippen molar-refractivity contribution in [2.45, 2.75) is 84.3 Å². The number of carbonyl (C=O) groups excluding carboxylic acids is 1. The highest BCUT2D eigenvalue weighted by atomic mass is 31.2. The second-order valence-electron chi connectivity index (χ2n) is 6.54. The van der Waals surface area contributed by atoms with Gasteiger partial charge < -0.3 is 25.4 Å². The van der Waals surface area contributed by atoms with Crippen LogP contribution in [0.5, 0.6) is 0 Å². The van der Waals surface area contributed by atoms with E-state index in [0.29, 0.717) is 19.3 Å². The van der Waals surface area contributed by atoms with Crippen LogP contribution in [0.1, 0.15) is 59.8 Å². The van der Waals surface area contributed by atoms with Crippen LogP contribution < -0.4 is 5.73 Å². The van der Waals surface area contributed by atoms with Crippen LogP contribution in [0.2, 0.25) is 0 Å². The molecule has 0 saturated carbocycles. The Labute approximate surface area is 179 Å². The molecule has 1 saturated heterocycles. The van der Waals surface area contributed by atoms with Gasteiger partial charge in [0.25, 0.3) is 0 Å². The number of rotatable bonds is 13. The summed E-state index contributed by atoms with van der Waals surface area (Å²) < 4.78 is 28.2. The molecular formula is C19H38N3O7P. The molecule has 1 aliphatic heterocycles. The molecule has 11 heteroatoms. The number of phosphoric acid groups is 1. The molecule has 0 aromatic rings. The molecule has 10 nitrogen and oxygen atoms in total. The average Bonchev–Trinajstić information content (AvgIpc) is 3.03. The van der Waals surface area contributed by atoms with Crippen molar-refractivity contribution in [1.29, 1.82) is 0 Å². The summed E-state index contributed by atoms with van der Waals surface area (Å²) in [6.07, 6.45) is 3.60. The smallest absolute Gasteiger partial charge is 0.386 e. The number of amidine groups is 1. The minimum Gasteiger partial charge on any atom is -0.386 e. The lowest BCUT2D eigenvalue weighted by Gasteiger charge is -2.26. The monoisotopic (exact) mass is 451 g/mol. The van der Waals surface area contributed by atoms with Crippen LogP contribution in [0.25, 0.3) is 0 Å². The van der Waals surface area contributed by atoms with Crippen molar-refractivity contribution in [3.63, 3.8) is 0 Å². The number of aliphatic hydroxyl groups is 1. The van der Waals surface area contributed by atoms with Crippen molar-refractivity contribution >= 4 is 20.1 Å². The van der Waals surface area contributed by atoms with Gasteiger partial charge in [0.1, 0.15) is 18.0 Å². The van der Waals surface area contributed by atoms with Crippen molar-refractivity contribution in [2.24, 2.45) is 10.7 Å². The fourth-order valence-electron chi connectivity index (χ4n) is 2.79. The van der Waals surface area contributed by atoms with E-state index in [1.807, 2.05) is 20.8 Å². The fourth-order valence-corrected chi connectivity index (χ4v) is 3.78. The first-order chi connectivity index (χ1) is 14.3. The number of ether oxygens (including phenoxy) is 1. The predicted octanol–water partition coefficient (Wildman–Crippen LogP) is 2.55. The second-order valence-corrected chi connectivity index (χ2v) is 7.94. The maximum atomic E-state index is 12.2. The number of aliphatic hydroxyl groups excluding tert-OH is 1. The van der Waals surface area contributed by atoms with Gasteiger partial charge in [0.2, 0.25) is 6.41 Å². The van der Waals surface area contributed by atoms with Crippen molar-refractivity contribution in [3.05, 3.63) is 12.3 Å². The summed E-state index contributed by atoms with van der Waals surface area (Å²) in [6, 6.07) is 0. The van der Waals surface area contributed by atoms with Crippen LogP contribution in [0.15, 0.2) is 17.3 Å². The number of nitrogens with two attached hydrogens (primary N) is 1. The molecule has 0 aromatic carbocycles. The number of carbonyl (C=O) groups is 1. The van der Waals surface area contributed by atoms with E-state index >= 15 is 0 Å². The molecule has 0 radical (unpaired) electrons. The average molecular weight is 452 g/mol. The molecule has 5 unspecified atom stereocenters. The molecular weight excluding hydrogens is 413 g/mol. The van der Waals surface area contributed by atoms with E-state index in [1.54, 1.807) is 7.05 Å². The van der Waals surface area contributed by atoms with Gasteiger partial charge in [0, 0.05) is 13.2 Å². The van der Waals surface area contributed by atoms with E-state index in [2.05, 4.69) is 11.9 Å². The van der Waals surface area contributed by atoms with Crippen LogP contribution in [0.4, 0.5) is 0 Å². The van der Waals surface area contributed by atoms with Crippen molar-refractivity contribution in [1.82, 2.24) is 4.90 Å². The molecule has 0 aliphatic carbocycles. The topological polar surface area (TPSA) is 144 Å². The van der Waals surface area contributed by atoms with Gasteiger partial charge in [-0.2, -0.15) is 4.99 Å². The summed E-state index contributed by atoms with van der Waals surface area (Å²) >= 11 is 0. The van der Waals surface area contributed by atoms with E-state index in [4.69, 9.17) is 19.5 Å². The molecule has 4 N–H and O–H groups in total. The van der Waals surface area contributed by atoms with Crippen LogP contribution in [0.3, 0.4) is 0 Å². The maximum Gasteiger partial charge on any atom is 0.472 e. The Morgan fingerprint density at radius 1 is 1.30 bits per heavy atom. The Hall–Kier alpha value is -1.29. The van der Waals surface area contributed by atoms with Gasteiger partial charge in [-0.1, -0.05) is 47.0 Å². The number of likely N-dealkylation sites (N-methyl/N-ethyl adjacent to an activating group) is 1. The first-order valence-electron chi connectivity index (χ1n) is 10.4. The molecule has 0 aromatic heterocycles. The molecule has 176 valence electrons. The summed E-state index contributed by atoms with van der Waals surface area (Å²) in [5.41, 5.74) is 5.50. The molecule has 1 amide bonds. The van der Waals surface area contributed by atoms with Crippen LogP contribution >= 0.6 is 7.82 Å². The highest BCUT2D eigenvalue weighted by Gasteiger charge is 2.48. The highest BCUT2D eigenvalue weighted by Crippen LogP contribution is 2.48. The summed E-state index contributed by atoms with van der Waals surface area (Å²) in [7, 11) is -2.71. The summed E-state index contributed by atoms with van der Waals surface area (Å²) in [4.78, 5) is 25.1. The van der Waals surface area contributed by atoms with E-state index in [1.165, 1.54) is 17.2 Å².